The van der Waals surface area contributed by atoms with Crippen molar-refractivity contribution in [3.05, 3.63) is 35.1 Å². The van der Waals surface area contributed by atoms with Crippen LogP contribution in [0.15, 0.2) is 12.1 Å². The Bertz CT molecular complexity index is 473. The molecule has 0 aliphatic rings. The van der Waals surface area contributed by atoms with Crippen molar-refractivity contribution >= 4 is 19.7 Å². The summed E-state index contributed by atoms with van der Waals surface area (Å²) in [7, 11) is 1.01. The van der Waals surface area contributed by atoms with Crippen LogP contribution in [0, 0.1) is 17.5 Å². The molecule has 0 heterocycles. The van der Waals surface area contributed by atoms with E-state index in [1.165, 1.54) is 0 Å². The van der Waals surface area contributed by atoms with Crippen LogP contribution in [0.3, 0.4) is 0 Å². The van der Waals surface area contributed by atoms with Gasteiger partial charge in [0.1, 0.15) is 5.82 Å². The van der Waals surface area contributed by atoms with Gasteiger partial charge in [-0.05, 0) is 18.6 Å². The smallest absolute Gasteiger partial charge is 0.212 e. The zero-order valence-electron chi connectivity index (χ0n) is 7.31. The maximum absolute atomic E-state index is 13.0. The van der Waals surface area contributed by atoms with Gasteiger partial charge < -0.3 is 0 Å². The minimum absolute atomic E-state index is 0.499. The zero-order chi connectivity index (χ0) is 11.6. The molecule has 0 aromatic heterocycles. The lowest BCUT2D eigenvalue weighted by Crippen LogP contribution is -2.06. The summed E-state index contributed by atoms with van der Waals surface area (Å²) >= 11 is 0. The summed E-state index contributed by atoms with van der Waals surface area (Å²) in [6.45, 7) is 0. The van der Waals surface area contributed by atoms with E-state index >= 15 is 0 Å². The van der Waals surface area contributed by atoms with E-state index < -0.39 is 44.2 Å². The highest BCUT2D eigenvalue weighted by Crippen LogP contribution is 2.17. The fraction of sp³-hybridized carbons (Fsp3) is 0.250. The first kappa shape index (κ1) is 12.3. The van der Waals surface area contributed by atoms with Gasteiger partial charge in [0.25, 0.3) is 0 Å². The molecule has 0 amide bonds. The van der Waals surface area contributed by atoms with E-state index in [1.54, 1.807) is 0 Å². The van der Waals surface area contributed by atoms with Crippen LogP contribution in [0.5, 0.6) is 0 Å². The second kappa shape index (κ2) is 4.40. The summed E-state index contributed by atoms with van der Waals surface area (Å²) in [5.74, 6) is -4.24. The van der Waals surface area contributed by atoms with Gasteiger partial charge >= 0.3 is 0 Å². The summed E-state index contributed by atoms with van der Waals surface area (Å²) < 4.78 is 59.7. The van der Waals surface area contributed by atoms with E-state index in [2.05, 4.69) is 0 Å². The molecule has 0 atom stereocenters. The lowest BCUT2D eigenvalue weighted by molar-refractivity contribution is 0.481. The SMILES string of the molecule is O=S(=O)(Cl)CCc1c(F)ccc(F)c1F. The second-order valence-electron chi connectivity index (χ2n) is 2.81. The fourth-order valence-electron chi connectivity index (χ4n) is 1.02. The van der Waals surface area contributed by atoms with E-state index in [-0.39, 0.29) is 0 Å². The predicted molar refractivity (Wildman–Crippen MR) is 49.7 cm³/mol. The third-order valence-corrected chi connectivity index (χ3v) is 2.89. The van der Waals surface area contributed by atoms with Gasteiger partial charge in [0.2, 0.25) is 9.05 Å². The molecule has 0 saturated carbocycles. The number of hydrogen-bond acceptors (Lipinski definition) is 2. The molecule has 0 unspecified atom stereocenters. The van der Waals surface area contributed by atoms with Crippen LogP contribution < -0.4 is 0 Å². The topological polar surface area (TPSA) is 34.1 Å². The van der Waals surface area contributed by atoms with Crippen molar-refractivity contribution in [2.45, 2.75) is 6.42 Å². The normalized spacial score (nSPS) is 11.7. The molecule has 84 valence electrons. The van der Waals surface area contributed by atoms with Crippen LogP contribution in [-0.2, 0) is 15.5 Å². The van der Waals surface area contributed by atoms with E-state index in [9.17, 15) is 21.6 Å². The number of rotatable bonds is 3. The Morgan fingerprint density at radius 2 is 1.67 bits per heavy atom. The molecule has 0 bridgehead atoms. The predicted octanol–water partition coefficient (Wildman–Crippen LogP) is 2.22. The Labute approximate surface area is 89.1 Å². The standard InChI is InChI=1S/C8H6ClF3O2S/c9-15(13,14)4-3-5-6(10)1-2-7(11)8(5)12/h1-2H,3-4H2. The minimum atomic E-state index is -3.85. The van der Waals surface area contributed by atoms with Crippen molar-refractivity contribution in [1.82, 2.24) is 0 Å². The van der Waals surface area contributed by atoms with Gasteiger partial charge in [-0.15, -0.1) is 0 Å². The molecule has 0 radical (unpaired) electrons. The van der Waals surface area contributed by atoms with Crippen molar-refractivity contribution in [3.63, 3.8) is 0 Å². The quantitative estimate of drug-likeness (QED) is 0.615. The average molecular weight is 259 g/mol. The van der Waals surface area contributed by atoms with Gasteiger partial charge in [-0.3, -0.25) is 0 Å². The monoisotopic (exact) mass is 258 g/mol. The van der Waals surface area contributed by atoms with Crippen LogP contribution in [0.2, 0.25) is 0 Å². The molecular formula is C8H6ClF3O2S. The first-order valence-electron chi connectivity index (χ1n) is 3.86. The molecule has 7 heteroatoms. The van der Waals surface area contributed by atoms with Crippen LogP contribution in [0.1, 0.15) is 5.56 Å². The fourth-order valence-corrected chi connectivity index (χ4v) is 1.70. The molecule has 0 fully saturated rings. The Balaban J connectivity index is 2.99. The Morgan fingerprint density at radius 1 is 1.13 bits per heavy atom. The van der Waals surface area contributed by atoms with Crippen LogP contribution >= 0.6 is 10.7 Å². The summed E-state index contributed by atoms with van der Waals surface area (Å²) in [5.41, 5.74) is -0.612. The van der Waals surface area contributed by atoms with Gasteiger partial charge in [0.05, 0.1) is 5.75 Å². The van der Waals surface area contributed by atoms with Crippen LogP contribution in [0.4, 0.5) is 13.2 Å². The Morgan fingerprint density at radius 3 is 2.20 bits per heavy atom. The molecule has 1 rings (SSSR count). The number of benzene rings is 1. The molecule has 0 aliphatic heterocycles. The third kappa shape index (κ3) is 3.39. The minimum Gasteiger partial charge on any atom is -0.212 e. The van der Waals surface area contributed by atoms with E-state index in [0.717, 1.165) is 6.07 Å². The van der Waals surface area contributed by atoms with E-state index in [0.29, 0.717) is 6.07 Å². The maximum Gasteiger partial charge on any atom is 0.232 e. The Hall–Kier alpha value is -0.750. The molecule has 15 heavy (non-hydrogen) atoms. The largest absolute Gasteiger partial charge is 0.232 e. The lowest BCUT2D eigenvalue weighted by Gasteiger charge is -2.03. The molecule has 0 N–H and O–H groups in total. The molecule has 1 aromatic rings. The van der Waals surface area contributed by atoms with E-state index in [4.69, 9.17) is 10.7 Å². The third-order valence-electron chi connectivity index (χ3n) is 1.73. The Kier molecular flexibility index (Phi) is 3.62. The first-order valence-corrected chi connectivity index (χ1v) is 6.34. The average Bonchev–Trinajstić information content (AvgIpc) is 2.10. The summed E-state index contributed by atoms with van der Waals surface area (Å²) in [6.07, 6.45) is -0.499. The second-order valence-corrected chi connectivity index (χ2v) is 5.71. The van der Waals surface area contributed by atoms with E-state index in [1.807, 2.05) is 0 Å². The summed E-state index contributed by atoms with van der Waals surface area (Å²) in [5, 5.41) is 0. The molecule has 2 nitrogen and oxygen atoms in total. The molecule has 0 saturated heterocycles. The highest BCUT2D eigenvalue weighted by atomic mass is 35.7. The van der Waals surface area contributed by atoms with Crippen molar-refractivity contribution in [2.75, 3.05) is 5.75 Å². The van der Waals surface area contributed by atoms with Crippen molar-refractivity contribution in [2.24, 2.45) is 0 Å². The van der Waals surface area contributed by atoms with Gasteiger partial charge in [-0.2, -0.15) is 0 Å². The molecule has 0 spiro atoms. The molecular weight excluding hydrogens is 253 g/mol. The van der Waals surface area contributed by atoms with Gasteiger partial charge in [-0.25, -0.2) is 21.6 Å². The van der Waals surface area contributed by atoms with Gasteiger partial charge in [0.15, 0.2) is 11.6 Å². The lowest BCUT2D eigenvalue weighted by atomic mass is 10.1. The van der Waals surface area contributed by atoms with Crippen LogP contribution in [-0.4, -0.2) is 14.2 Å². The van der Waals surface area contributed by atoms with Crippen LogP contribution in [0.25, 0.3) is 0 Å². The first-order chi connectivity index (χ1) is 6.81. The molecule has 0 aliphatic carbocycles. The number of halogens is 4. The summed E-state index contributed by atoms with van der Waals surface area (Å²) in [6, 6.07) is 1.36. The summed E-state index contributed by atoms with van der Waals surface area (Å²) in [4.78, 5) is 0. The zero-order valence-corrected chi connectivity index (χ0v) is 8.88. The van der Waals surface area contributed by atoms with Crippen molar-refractivity contribution in [3.8, 4) is 0 Å². The number of hydrogen-bond donors (Lipinski definition) is 0. The van der Waals surface area contributed by atoms with Crippen molar-refractivity contribution < 1.29 is 21.6 Å². The maximum atomic E-state index is 13.0. The van der Waals surface area contributed by atoms with Crippen molar-refractivity contribution in [1.29, 1.82) is 0 Å². The molecule has 1 aromatic carbocycles. The highest BCUT2D eigenvalue weighted by Gasteiger charge is 2.16. The van der Waals surface area contributed by atoms with Gasteiger partial charge in [-0.1, -0.05) is 0 Å². The van der Waals surface area contributed by atoms with Gasteiger partial charge in [0, 0.05) is 16.2 Å². The highest BCUT2D eigenvalue weighted by molar-refractivity contribution is 8.13.